The first kappa shape index (κ1) is 16.5. The predicted octanol–water partition coefficient (Wildman–Crippen LogP) is 2.87. The summed E-state index contributed by atoms with van der Waals surface area (Å²) in [5, 5.41) is 11.7. The van der Waals surface area contributed by atoms with E-state index in [9.17, 15) is 9.59 Å². The van der Waals surface area contributed by atoms with Gasteiger partial charge in [-0.15, -0.1) is 0 Å². The molecule has 0 aliphatic carbocycles. The highest BCUT2D eigenvalue weighted by atomic mass is 79.9. The molecule has 0 radical (unpaired) electrons. The Labute approximate surface area is 127 Å². The normalized spacial score (nSPS) is 13.4. The number of carboxylic acids is 1. The van der Waals surface area contributed by atoms with Crippen molar-refractivity contribution in [2.45, 2.75) is 19.9 Å². The summed E-state index contributed by atoms with van der Waals surface area (Å²) in [5.41, 5.74) is 0.979. The fourth-order valence-electron chi connectivity index (χ4n) is 1.73. The molecule has 1 rings (SSSR count). The van der Waals surface area contributed by atoms with Gasteiger partial charge in [0.2, 0.25) is 0 Å². The molecule has 6 heteroatoms. The lowest BCUT2D eigenvalue weighted by atomic mass is 10.1. The summed E-state index contributed by atoms with van der Waals surface area (Å²) >= 11 is 3.39. The van der Waals surface area contributed by atoms with Gasteiger partial charge in [0.05, 0.1) is 12.0 Å². The van der Waals surface area contributed by atoms with Gasteiger partial charge in [0.1, 0.15) is 0 Å². The number of hydrogen-bond donors (Lipinski definition) is 2. The molecule has 0 aliphatic rings. The zero-order valence-electron chi connectivity index (χ0n) is 11.8. The van der Waals surface area contributed by atoms with Crippen molar-refractivity contribution >= 4 is 27.9 Å². The zero-order chi connectivity index (χ0) is 15.3. The highest BCUT2D eigenvalue weighted by Gasteiger charge is 2.18. The number of amides is 2. The first-order valence-corrected chi connectivity index (χ1v) is 7.10. The summed E-state index contributed by atoms with van der Waals surface area (Å²) < 4.78 is 0.948. The molecule has 0 bridgehead atoms. The molecule has 5 nitrogen and oxygen atoms in total. The van der Waals surface area contributed by atoms with Crippen LogP contribution in [0, 0.1) is 5.92 Å². The number of nitrogens with one attached hydrogen (secondary N) is 1. The highest BCUT2D eigenvalue weighted by molar-refractivity contribution is 9.10. The minimum Gasteiger partial charge on any atom is -0.481 e. The summed E-state index contributed by atoms with van der Waals surface area (Å²) in [7, 11) is 1.59. The lowest BCUT2D eigenvalue weighted by molar-refractivity contribution is -0.141. The molecule has 0 fully saturated rings. The first-order valence-electron chi connectivity index (χ1n) is 6.31. The lowest BCUT2D eigenvalue weighted by Crippen LogP contribution is -2.41. The molecule has 1 aromatic rings. The number of aliphatic carboxylic acids is 1. The van der Waals surface area contributed by atoms with Crippen LogP contribution in [0.25, 0.3) is 0 Å². The van der Waals surface area contributed by atoms with Gasteiger partial charge in [0.25, 0.3) is 0 Å². The van der Waals surface area contributed by atoms with Crippen molar-refractivity contribution in [3.63, 3.8) is 0 Å². The first-order chi connectivity index (χ1) is 9.31. The Morgan fingerprint density at radius 3 is 2.60 bits per heavy atom. The van der Waals surface area contributed by atoms with Gasteiger partial charge in [0.15, 0.2) is 0 Å². The quantitative estimate of drug-likeness (QED) is 0.864. The van der Waals surface area contributed by atoms with E-state index < -0.39 is 11.9 Å². The molecule has 0 saturated heterocycles. The van der Waals surface area contributed by atoms with Gasteiger partial charge >= 0.3 is 12.0 Å². The molecular weight excluding hydrogens is 324 g/mol. The van der Waals surface area contributed by atoms with Crippen molar-refractivity contribution in [2.24, 2.45) is 5.92 Å². The van der Waals surface area contributed by atoms with Crippen LogP contribution in [0.2, 0.25) is 0 Å². The molecule has 0 saturated carbocycles. The number of benzene rings is 1. The maximum atomic E-state index is 12.0. The molecule has 20 heavy (non-hydrogen) atoms. The Morgan fingerprint density at radius 2 is 2.05 bits per heavy atom. The van der Waals surface area contributed by atoms with Gasteiger partial charge in [-0.25, -0.2) is 4.79 Å². The molecule has 2 unspecified atom stereocenters. The SMILES string of the molecule is CC(CN(C)C(=O)NC(C)c1cccc(Br)c1)C(=O)O. The minimum absolute atomic E-state index is 0.150. The number of rotatable bonds is 5. The Balaban J connectivity index is 2.59. The molecule has 0 aromatic heterocycles. The second-order valence-electron chi connectivity index (χ2n) is 4.85. The number of hydrogen-bond acceptors (Lipinski definition) is 2. The molecule has 0 heterocycles. The summed E-state index contributed by atoms with van der Waals surface area (Å²) in [6, 6.07) is 7.24. The van der Waals surface area contributed by atoms with Crippen molar-refractivity contribution in [2.75, 3.05) is 13.6 Å². The van der Waals surface area contributed by atoms with Gasteiger partial charge in [-0.1, -0.05) is 35.0 Å². The van der Waals surface area contributed by atoms with E-state index in [1.165, 1.54) is 4.90 Å². The topological polar surface area (TPSA) is 69.6 Å². The number of carboxylic acid groups (broad SMARTS) is 1. The minimum atomic E-state index is -0.912. The van der Waals surface area contributed by atoms with E-state index in [4.69, 9.17) is 5.11 Å². The van der Waals surface area contributed by atoms with E-state index in [2.05, 4.69) is 21.2 Å². The van der Waals surface area contributed by atoms with E-state index in [1.807, 2.05) is 31.2 Å². The summed E-state index contributed by atoms with van der Waals surface area (Å²) in [5.74, 6) is -1.50. The fraction of sp³-hybridized carbons (Fsp3) is 0.429. The molecular formula is C14H19BrN2O3. The fourth-order valence-corrected chi connectivity index (χ4v) is 2.14. The average Bonchev–Trinajstić information content (AvgIpc) is 2.38. The molecule has 2 atom stereocenters. The van der Waals surface area contributed by atoms with Crippen LogP contribution < -0.4 is 5.32 Å². The van der Waals surface area contributed by atoms with E-state index >= 15 is 0 Å². The second kappa shape index (κ2) is 7.28. The van der Waals surface area contributed by atoms with Crippen LogP contribution in [0.3, 0.4) is 0 Å². The van der Waals surface area contributed by atoms with E-state index in [1.54, 1.807) is 14.0 Å². The highest BCUT2D eigenvalue weighted by Crippen LogP contribution is 2.18. The van der Waals surface area contributed by atoms with Crippen LogP contribution in [0.5, 0.6) is 0 Å². The van der Waals surface area contributed by atoms with Crippen molar-refractivity contribution in [3.8, 4) is 0 Å². The number of urea groups is 1. The molecule has 1 aromatic carbocycles. The van der Waals surface area contributed by atoms with Crippen molar-refractivity contribution in [3.05, 3.63) is 34.3 Å². The Kier molecular flexibility index (Phi) is 6.01. The third-order valence-electron chi connectivity index (χ3n) is 3.00. The van der Waals surface area contributed by atoms with E-state index in [0.29, 0.717) is 0 Å². The smallest absolute Gasteiger partial charge is 0.317 e. The van der Waals surface area contributed by atoms with Crippen LogP contribution in [-0.4, -0.2) is 35.6 Å². The van der Waals surface area contributed by atoms with Gasteiger partial charge < -0.3 is 15.3 Å². The number of carbonyl (C=O) groups is 2. The number of carbonyl (C=O) groups excluding carboxylic acids is 1. The van der Waals surface area contributed by atoms with Crippen LogP contribution in [-0.2, 0) is 4.79 Å². The van der Waals surface area contributed by atoms with Crippen molar-refractivity contribution in [1.82, 2.24) is 10.2 Å². The van der Waals surface area contributed by atoms with E-state index in [0.717, 1.165) is 10.0 Å². The van der Waals surface area contributed by atoms with Crippen LogP contribution in [0.4, 0.5) is 4.79 Å². The maximum Gasteiger partial charge on any atom is 0.317 e. The van der Waals surface area contributed by atoms with Gasteiger partial charge in [0, 0.05) is 18.1 Å². The van der Waals surface area contributed by atoms with E-state index in [-0.39, 0.29) is 18.6 Å². The summed E-state index contributed by atoms with van der Waals surface area (Å²) in [6.45, 7) is 3.63. The summed E-state index contributed by atoms with van der Waals surface area (Å²) in [6.07, 6.45) is 0. The molecule has 0 aliphatic heterocycles. The van der Waals surface area contributed by atoms with Crippen molar-refractivity contribution < 1.29 is 14.7 Å². The van der Waals surface area contributed by atoms with Crippen LogP contribution >= 0.6 is 15.9 Å². The van der Waals surface area contributed by atoms with Crippen LogP contribution in [0.1, 0.15) is 25.5 Å². The predicted molar refractivity (Wildman–Crippen MR) is 80.5 cm³/mol. The zero-order valence-corrected chi connectivity index (χ0v) is 13.3. The average molecular weight is 343 g/mol. The largest absolute Gasteiger partial charge is 0.481 e. The van der Waals surface area contributed by atoms with Crippen molar-refractivity contribution in [1.29, 1.82) is 0 Å². The van der Waals surface area contributed by atoms with Gasteiger partial charge in [-0.05, 0) is 24.6 Å². The third kappa shape index (κ3) is 4.85. The molecule has 110 valence electrons. The number of nitrogens with zero attached hydrogens (tertiary/aromatic N) is 1. The van der Waals surface area contributed by atoms with Gasteiger partial charge in [-0.2, -0.15) is 0 Å². The molecule has 2 N–H and O–H groups in total. The molecule has 2 amide bonds. The Bertz CT molecular complexity index is 493. The van der Waals surface area contributed by atoms with Crippen LogP contribution in [0.15, 0.2) is 28.7 Å². The monoisotopic (exact) mass is 342 g/mol. The molecule has 0 spiro atoms. The summed E-state index contributed by atoms with van der Waals surface area (Å²) in [4.78, 5) is 24.1. The Hall–Kier alpha value is -1.56. The maximum absolute atomic E-state index is 12.0. The van der Waals surface area contributed by atoms with Gasteiger partial charge in [-0.3, -0.25) is 4.79 Å². The Morgan fingerprint density at radius 1 is 1.40 bits per heavy atom. The second-order valence-corrected chi connectivity index (χ2v) is 5.76. The standard InChI is InChI=1S/C14H19BrN2O3/c1-9(13(18)19)8-17(3)14(20)16-10(2)11-5-4-6-12(15)7-11/h4-7,9-10H,8H2,1-3H3,(H,16,20)(H,18,19). The number of halogens is 1. The third-order valence-corrected chi connectivity index (χ3v) is 3.50. The lowest BCUT2D eigenvalue weighted by Gasteiger charge is -2.23.